The number of hydrogen-bond acceptors (Lipinski definition) is 3. The number of rotatable bonds is 9. The van der Waals surface area contributed by atoms with E-state index in [1.807, 2.05) is 18.2 Å². The second-order valence-corrected chi connectivity index (χ2v) is 5.70. The minimum absolute atomic E-state index is 0.522. The molecule has 1 aromatic heterocycles. The van der Waals surface area contributed by atoms with Crippen molar-refractivity contribution in [3.8, 4) is 0 Å². The van der Waals surface area contributed by atoms with Gasteiger partial charge in [0, 0.05) is 11.4 Å². The summed E-state index contributed by atoms with van der Waals surface area (Å²) in [5.41, 5.74) is 0.975. The molecule has 21 heavy (non-hydrogen) atoms. The van der Waals surface area contributed by atoms with Gasteiger partial charge in [0.25, 0.3) is 0 Å². The highest BCUT2D eigenvalue weighted by atomic mass is 16.3. The molecule has 3 heteroatoms. The lowest BCUT2D eigenvalue weighted by molar-refractivity contribution is 0.290. The summed E-state index contributed by atoms with van der Waals surface area (Å²) in [4.78, 5) is 2.48. The fourth-order valence-electron chi connectivity index (χ4n) is 2.66. The van der Waals surface area contributed by atoms with E-state index in [0.29, 0.717) is 6.04 Å². The predicted molar refractivity (Wildman–Crippen MR) is 89.5 cm³/mol. The molecule has 0 spiro atoms. The third-order valence-corrected chi connectivity index (χ3v) is 4.11. The van der Waals surface area contributed by atoms with Crippen LogP contribution in [0.15, 0.2) is 34.7 Å². The number of nitrogens with one attached hydrogen (secondary N) is 1. The van der Waals surface area contributed by atoms with Crippen LogP contribution in [0.4, 0.5) is 0 Å². The summed E-state index contributed by atoms with van der Waals surface area (Å²) in [5.74, 6) is 1.02. The molecule has 0 radical (unpaired) electrons. The molecule has 1 aromatic carbocycles. The first kappa shape index (κ1) is 16.1. The number of para-hydroxylation sites is 1. The van der Waals surface area contributed by atoms with E-state index >= 15 is 0 Å². The van der Waals surface area contributed by atoms with Crippen molar-refractivity contribution in [2.24, 2.45) is 0 Å². The van der Waals surface area contributed by atoms with Crippen molar-refractivity contribution in [2.45, 2.75) is 46.2 Å². The standard InChI is InChI=1S/C18H28N2O/c1-4-20(5-2)12-8-9-15(3)19-14-17-13-16-10-6-7-11-18(16)21-17/h6-7,10-11,13,15,19H,4-5,8-9,12,14H2,1-3H3. The predicted octanol–water partition coefficient (Wildman–Crippen LogP) is 4.03. The van der Waals surface area contributed by atoms with Crippen LogP contribution in [0, 0.1) is 0 Å². The molecular formula is C18H28N2O. The fourth-order valence-corrected chi connectivity index (χ4v) is 2.66. The van der Waals surface area contributed by atoms with E-state index in [1.165, 1.54) is 24.8 Å². The Morgan fingerprint density at radius 2 is 1.95 bits per heavy atom. The molecular weight excluding hydrogens is 260 g/mol. The van der Waals surface area contributed by atoms with E-state index in [2.05, 4.69) is 43.1 Å². The van der Waals surface area contributed by atoms with Gasteiger partial charge in [0.05, 0.1) is 6.54 Å². The molecule has 0 aliphatic carbocycles. The average molecular weight is 288 g/mol. The van der Waals surface area contributed by atoms with Gasteiger partial charge in [-0.05, 0) is 51.5 Å². The molecule has 0 aliphatic rings. The van der Waals surface area contributed by atoms with Crippen LogP contribution in [0.3, 0.4) is 0 Å². The molecule has 0 amide bonds. The average Bonchev–Trinajstić information content (AvgIpc) is 2.92. The van der Waals surface area contributed by atoms with Crippen LogP contribution in [0.1, 0.15) is 39.4 Å². The molecule has 0 aliphatic heterocycles. The van der Waals surface area contributed by atoms with Gasteiger partial charge in [-0.15, -0.1) is 0 Å². The van der Waals surface area contributed by atoms with Crippen LogP contribution < -0.4 is 5.32 Å². The number of nitrogens with zero attached hydrogens (tertiary/aromatic N) is 1. The molecule has 1 heterocycles. The van der Waals surface area contributed by atoms with Crippen molar-refractivity contribution in [3.05, 3.63) is 36.1 Å². The van der Waals surface area contributed by atoms with Crippen LogP contribution >= 0.6 is 0 Å². The summed E-state index contributed by atoms with van der Waals surface area (Å²) in [6, 6.07) is 10.8. The van der Waals surface area contributed by atoms with Gasteiger partial charge in [-0.25, -0.2) is 0 Å². The Morgan fingerprint density at radius 3 is 2.67 bits per heavy atom. The molecule has 1 N–H and O–H groups in total. The van der Waals surface area contributed by atoms with Crippen molar-refractivity contribution in [1.29, 1.82) is 0 Å². The van der Waals surface area contributed by atoms with E-state index in [4.69, 9.17) is 4.42 Å². The number of fused-ring (bicyclic) bond motifs is 1. The summed E-state index contributed by atoms with van der Waals surface area (Å²) in [6.45, 7) is 11.0. The summed E-state index contributed by atoms with van der Waals surface area (Å²) < 4.78 is 5.83. The van der Waals surface area contributed by atoms with Crippen LogP contribution in [-0.4, -0.2) is 30.6 Å². The van der Waals surface area contributed by atoms with Crippen molar-refractivity contribution >= 4 is 11.0 Å². The van der Waals surface area contributed by atoms with Gasteiger partial charge in [-0.2, -0.15) is 0 Å². The monoisotopic (exact) mass is 288 g/mol. The van der Waals surface area contributed by atoms with Crippen molar-refractivity contribution in [3.63, 3.8) is 0 Å². The lowest BCUT2D eigenvalue weighted by Crippen LogP contribution is -2.28. The fraction of sp³-hybridized carbons (Fsp3) is 0.556. The normalized spacial score (nSPS) is 13.1. The second-order valence-electron chi connectivity index (χ2n) is 5.70. The minimum Gasteiger partial charge on any atom is -0.460 e. The Labute approximate surface area is 128 Å². The summed E-state index contributed by atoms with van der Waals surface area (Å²) in [7, 11) is 0. The lowest BCUT2D eigenvalue weighted by Gasteiger charge is -2.19. The van der Waals surface area contributed by atoms with Crippen molar-refractivity contribution < 1.29 is 4.42 Å². The first-order valence-corrected chi connectivity index (χ1v) is 8.16. The van der Waals surface area contributed by atoms with Crippen molar-refractivity contribution in [1.82, 2.24) is 10.2 Å². The van der Waals surface area contributed by atoms with Gasteiger partial charge in [0.2, 0.25) is 0 Å². The number of furan rings is 1. The topological polar surface area (TPSA) is 28.4 Å². The van der Waals surface area contributed by atoms with Gasteiger partial charge in [0.1, 0.15) is 11.3 Å². The van der Waals surface area contributed by atoms with Gasteiger partial charge in [0.15, 0.2) is 0 Å². The van der Waals surface area contributed by atoms with Crippen LogP contribution in [0.2, 0.25) is 0 Å². The van der Waals surface area contributed by atoms with Gasteiger partial charge >= 0.3 is 0 Å². The van der Waals surface area contributed by atoms with E-state index in [9.17, 15) is 0 Å². The van der Waals surface area contributed by atoms with Crippen molar-refractivity contribution in [2.75, 3.05) is 19.6 Å². The Kier molecular flexibility index (Phi) is 6.27. The molecule has 0 saturated carbocycles. The molecule has 116 valence electrons. The van der Waals surface area contributed by atoms with E-state index < -0.39 is 0 Å². The zero-order valence-electron chi connectivity index (χ0n) is 13.6. The SMILES string of the molecule is CCN(CC)CCCC(C)NCc1cc2ccccc2o1. The third-order valence-electron chi connectivity index (χ3n) is 4.11. The van der Waals surface area contributed by atoms with Gasteiger partial charge < -0.3 is 14.6 Å². The first-order chi connectivity index (χ1) is 10.2. The Bertz CT molecular complexity index is 498. The molecule has 1 atom stereocenters. The van der Waals surface area contributed by atoms with Crippen LogP contribution in [-0.2, 0) is 6.54 Å². The maximum atomic E-state index is 5.83. The molecule has 0 fully saturated rings. The molecule has 0 bridgehead atoms. The third kappa shape index (κ3) is 4.87. The molecule has 2 aromatic rings. The molecule has 2 rings (SSSR count). The summed E-state index contributed by atoms with van der Waals surface area (Å²) in [6.07, 6.45) is 2.45. The molecule has 1 unspecified atom stereocenters. The summed E-state index contributed by atoms with van der Waals surface area (Å²) >= 11 is 0. The smallest absolute Gasteiger partial charge is 0.134 e. The van der Waals surface area contributed by atoms with E-state index in [0.717, 1.165) is 31.0 Å². The highest BCUT2D eigenvalue weighted by Crippen LogP contribution is 2.18. The minimum atomic E-state index is 0.522. The second kappa shape index (κ2) is 8.20. The van der Waals surface area contributed by atoms with Gasteiger partial charge in [-0.1, -0.05) is 32.0 Å². The first-order valence-electron chi connectivity index (χ1n) is 8.16. The van der Waals surface area contributed by atoms with Gasteiger partial charge in [-0.3, -0.25) is 0 Å². The Morgan fingerprint density at radius 1 is 1.19 bits per heavy atom. The largest absolute Gasteiger partial charge is 0.460 e. The van der Waals surface area contributed by atoms with E-state index in [-0.39, 0.29) is 0 Å². The summed E-state index contributed by atoms with van der Waals surface area (Å²) in [5, 5.41) is 4.74. The van der Waals surface area contributed by atoms with Crippen LogP contribution in [0.25, 0.3) is 11.0 Å². The van der Waals surface area contributed by atoms with E-state index in [1.54, 1.807) is 0 Å². The zero-order chi connectivity index (χ0) is 15.1. The Hall–Kier alpha value is -1.32. The zero-order valence-corrected chi connectivity index (χ0v) is 13.6. The Balaban J connectivity index is 1.72. The maximum Gasteiger partial charge on any atom is 0.134 e. The quantitative estimate of drug-likeness (QED) is 0.755. The highest BCUT2D eigenvalue weighted by molar-refractivity contribution is 5.77. The highest BCUT2D eigenvalue weighted by Gasteiger charge is 2.06. The molecule has 3 nitrogen and oxygen atoms in total. The number of hydrogen-bond donors (Lipinski definition) is 1. The van der Waals surface area contributed by atoms with Crippen LogP contribution in [0.5, 0.6) is 0 Å². The lowest BCUT2D eigenvalue weighted by atomic mass is 10.1. The maximum absolute atomic E-state index is 5.83. The molecule has 0 saturated heterocycles. The number of benzene rings is 1.